The van der Waals surface area contributed by atoms with Gasteiger partial charge in [0.25, 0.3) is 0 Å². The zero-order valence-electron chi connectivity index (χ0n) is 22.3. The van der Waals surface area contributed by atoms with Gasteiger partial charge in [0, 0.05) is 33.2 Å². The summed E-state index contributed by atoms with van der Waals surface area (Å²) in [4.78, 5) is 2.35. The van der Waals surface area contributed by atoms with E-state index in [1.807, 2.05) is 0 Å². The maximum atomic E-state index is 2.45. The molecule has 3 heteroatoms. The molecular weight excluding hydrogens is 498 g/mol. The van der Waals surface area contributed by atoms with Crippen molar-refractivity contribution in [1.82, 2.24) is 8.80 Å². The second-order valence-electron chi connectivity index (χ2n) is 10.7. The zero-order chi connectivity index (χ0) is 26.9. The Balaban J connectivity index is 1.30. The molecule has 3 heterocycles. The largest absolute Gasteiger partial charge is 0.310 e. The Morgan fingerprint density at radius 3 is 1.56 bits per heavy atom. The molecule has 9 rings (SSSR count). The second-order valence-corrected chi connectivity index (χ2v) is 10.7. The van der Waals surface area contributed by atoms with Gasteiger partial charge in [-0.2, -0.15) is 0 Å². The van der Waals surface area contributed by atoms with Crippen LogP contribution < -0.4 is 4.90 Å². The molecule has 0 unspecified atom stereocenters. The second kappa shape index (κ2) is 8.48. The van der Waals surface area contributed by atoms with E-state index in [-0.39, 0.29) is 0 Å². The van der Waals surface area contributed by atoms with E-state index in [0.717, 1.165) is 17.1 Å². The minimum absolute atomic E-state index is 1.13. The molecule has 0 bridgehead atoms. The summed E-state index contributed by atoms with van der Waals surface area (Å²) in [6.45, 7) is 0. The van der Waals surface area contributed by atoms with Crippen LogP contribution in [0.4, 0.5) is 17.1 Å². The van der Waals surface area contributed by atoms with E-state index in [2.05, 4.69) is 165 Å². The van der Waals surface area contributed by atoms with Gasteiger partial charge >= 0.3 is 0 Å². The van der Waals surface area contributed by atoms with Crippen molar-refractivity contribution in [2.75, 3.05) is 4.90 Å². The van der Waals surface area contributed by atoms with Gasteiger partial charge in [-0.3, -0.25) is 8.80 Å². The number of rotatable bonds is 4. The van der Waals surface area contributed by atoms with Gasteiger partial charge in [-0.25, -0.2) is 0 Å². The van der Waals surface area contributed by atoms with Crippen LogP contribution in [0.15, 0.2) is 152 Å². The summed E-state index contributed by atoms with van der Waals surface area (Å²) >= 11 is 0. The molecule has 0 radical (unpaired) electrons. The van der Waals surface area contributed by atoms with Crippen LogP contribution in [0.5, 0.6) is 0 Å². The Labute approximate surface area is 237 Å². The molecule has 6 aromatic carbocycles. The molecule has 0 aliphatic rings. The van der Waals surface area contributed by atoms with Gasteiger partial charge in [0.2, 0.25) is 0 Å². The molecule has 41 heavy (non-hydrogen) atoms. The lowest BCUT2D eigenvalue weighted by atomic mass is 10.0. The van der Waals surface area contributed by atoms with Crippen molar-refractivity contribution in [1.29, 1.82) is 0 Å². The van der Waals surface area contributed by atoms with E-state index in [4.69, 9.17) is 0 Å². The Morgan fingerprint density at radius 1 is 0.366 bits per heavy atom. The first-order chi connectivity index (χ1) is 20.4. The molecule has 0 fully saturated rings. The third-order valence-corrected chi connectivity index (χ3v) is 8.42. The topological polar surface area (TPSA) is 12.1 Å². The number of nitrogens with zero attached hydrogens (tertiary/aromatic N) is 3. The number of para-hydroxylation sites is 3. The first-order valence-electron chi connectivity index (χ1n) is 14.0. The lowest BCUT2D eigenvalue weighted by Crippen LogP contribution is -2.09. The lowest BCUT2D eigenvalue weighted by Gasteiger charge is -2.25. The molecule has 0 atom stereocenters. The Hall–Kier alpha value is -5.54. The molecule has 0 aliphatic heterocycles. The molecule has 9 aromatic rings. The number of aromatic nitrogens is 2. The third-order valence-electron chi connectivity index (χ3n) is 8.42. The Morgan fingerprint density at radius 2 is 0.878 bits per heavy atom. The van der Waals surface area contributed by atoms with Crippen molar-refractivity contribution in [2.24, 2.45) is 0 Å². The van der Waals surface area contributed by atoms with Crippen molar-refractivity contribution in [3.05, 3.63) is 152 Å². The van der Waals surface area contributed by atoms with E-state index in [1.165, 1.54) is 55.0 Å². The van der Waals surface area contributed by atoms with E-state index in [1.54, 1.807) is 0 Å². The summed E-state index contributed by atoms with van der Waals surface area (Å²) in [6, 6.07) is 54.5. The van der Waals surface area contributed by atoms with E-state index >= 15 is 0 Å². The van der Waals surface area contributed by atoms with Gasteiger partial charge in [-0.05, 0) is 65.7 Å². The first kappa shape index (κ1) is 22.3. The van der Waals surface area contributed by atoms with Crippen molar-refractivity contribution >= 4 is 60.9 Å². The summed E-state index contributed by atoms with van der Waals surface area (Å²) in [5.41, 5.74) is 12.0. The fourth-order valence-corrected chi connectivity index (χ4v) is 6.66. The molecule has 0 saturated carbocycles. The smallest absolute Gasteiger partial charge is 0.131 e. The van der Waals surface area contributed by atoms with Gasteiger partial charge in [-0.1, -0.05) is 97.1 Å². The van der Waals surface area contributed by atoms with Crippen LogP contribution in [0.2, 0.25) is 0 Å². The number of fused-ring (bicyclic) bond motifs is 9. The maximum absolute atomic E-state index is 2.45. The first-order valence-corrected chi connectivity index (χ1v) is 14.0. The van der Waals surface area contributed by atoms with Gasteiger partial charge in [0.05, 0.1) is 22.1 Å². The molecule has 0 saturated heterocycles. The number of imidazole rings is 1. The molecule has 0 N–H and O–H groups in total. The monoisotopic (exact) mass is 523 g/mol. The molecule has 192 valence electrons. The van der Waals surface area contributed by atoms with Crippen LogP contribution >= 0.6 is 0 Å². The van der Waals surface area contributed by atoms with Crippen molar-refractivity contribution in [3.63, 3.8) is 0 Å². The van der Waals surface area contributed by atoms with Gasteiger partial charge in [0.1, 0.15) is 5.65 Å². The van der Waals surface area contributed by atoms with E-state index in [9.17, 15) is 0 Å². The highest BCUT2D eigenvalue weighted by atomic mass is 15.2. The van der Waals surface area contributed by atoms with Crippen LogP contribution in [0.3, 0.4) is 0 Å². The molecule has 0 amide bonds. The highest BCUT2D eigenvalue weighted by Gasteiger charge is 2.23. The fraction of sp³-hybridized carbons (Fsp3) is 0. The van der Waals surface area contributed by atoms with Crippen LogP contribution in [-0.4, -0.2) is 8.80 Å². The molecule has 0 spiro atoms. The summed E-state index contributed by atoms with van der Waals surface area (Å²) in [7, 11) is 0. The van der Waals surface area contributed by atoms with Gasteiger partial charge in [-0.15, -0.1) is 0 Å². The fourth-order valence-electron chi connectivity index (χ4n) is 6.66. The summed E-state index contributed by atoms with van der Waals surface area (Å²) < 4.78 is 4.89. The van der Waals surface area contributed by atoms with Crippen LogP contribution in [0, 0.1) is 0 Å². The standard InChI is InChI=1S/C38H25N3/c1-3-11-26(12-4-1)27-19-21-29(22-20-27)39(28-13-5-2-6-14-28)30-23-24-35-36(25-30)41-34-18-10-8-16-32(34)37-31-15-7-9-17-33(31)40(35)38(37)41/h1-25H. The Bertz CT molecular complexity index is 2340. The number of anilines is 3. The van der Waals surface area contributed by atoms with Crippen LogP contribution in [-0.2, 0) is 0 Å². The molecule has 3 nitrogen and oxygen atoms in total. The molecule has 0 aliphatic carbocycles. The van der Waals surface area contributed by atoms with E-state index < -0.39 is 0 Å². The van der Waals surface area contributed by atoms with Crippen LogP contribution in [0.1, 0.15) is 0 Å². The minimum atomic E-state index is 1.13. The van der Waals surface area contributed by atoms with Gasteiger partial charge in [0.15, 0.2) is 0 Å². The lowest BCUT2D eigenvalue weighted by molar-refractivity contribution is 1.28. The summed E-state index contributed by atoms with van der Waals surface area (Å²) in [5, 5.41) is 3.92. The average molecular weight is 524 g/mol. The summed E-state index contributed by atoms with van der Waals surface area (Å²) in [6.07, 6.45) is 0. The highest BCUT2D eigenvalue weighted by molar-refractivity contribution is 6.24. The third kappa shape index (κ3) is 3.14. The number of hydrogen-bond donors (Lipinski definition) is 0. The molecular formula is C38H25N3. The van der Waals surface area contributed by atoms with Crippen molar-refractivity contribution < 1.29 is 0 Å². The molecule has 3 aromatic heterocycles. The highest BCUT2D eigenvalue weighted by Crippen LogP contribution is 2.43. The SMILES string of the molecule is c1ccc(-c2ccc(N(c3ccccc3)c3ccc4c(c3)n3c5ccccc5c5c6ccccc6n4c53)cc2)cc1. The van der Waals surface area contributed by atoms with Gasteiger partial charge < -0.3 is 4.90 Å². The van der Waals surface area contributed by atoms with Crippen LogP contribution in [0.25, 0.3) is 55.0 Å². The number of benzene rings is 6. The number of hydrogen-bond acceptors (Lipinski definition) is 1. The van der Waals surface area contributed by atoms with Crippen molar-refractivity contribution in [2.45, 2.75) is 0 Å². The Kier molecular flexibility index (Phi) is 4.61. The van der Waals surface area contributed by atoms with Crippen molar-refractivity contribution in [3.8, 4) is 11.1 Å². The van der Waals surface area contributed by atoms with E-state index in [0.29, 0.717) is 0 Å². The maximum Gasteiger partial charge on any atom is 0.131 e. The average Bonchev–Trinajstić information content (AvgIpc) is 3.67. The minimum Gasteiger partial charge on any atom is -0.310 e. The summed E-state index contributed by atoms with van der Waals surface area (Å²) in [5.74, 6) is 0. The zero-order valence-corrected chi connectivity index (χ0v) is 22.3. The quantitative estimate of drug-likeness (QED) is 0.223. The predicted molar refractivity (Wildman–Crippen MR) is 172 cm³/mol. The predicted octanol–water partition coefficient (Wildman–Crippen LogP) is 10.2. The normalized spacial score (nSPS) is 11.9.